The lowest BCUT2D eigenvalue weighted by atomic mass is 9.84. The van der Waals surface area contributed by atoms with E-state index in [1.54, 1.807) is 6.07 Å². The molecule has 0 bridgehead atoms. The number of hydrogen-bond donors (Lipinski definition) is 1. The smallest absolute Gasteiger partial charge is 0.263 e. The summed E-state index contributed by atoms with van der Waals surface area (Å²) in [5.41, 5.74) is 0.442. The Bertz CT molecular complexity index is 604. The van der Waals surface area contributed by atoms with Crippen molar-refractivity contribution in [3.05, 3.63) is 10.4 Å². The van der Waals surface area contributed by atoms with E-state index in [2.05, 4.69) is 4.40 Å². The van der Waals surface area contributed by atoms with Gasteiger partial charge in [0.15, 0.2) is 4.21 Å². The average molecular weight is 292 g/mol. The quantitative estimate of drug-likeness (QED) is 0.803. The summed E-state index contributed by atoms with van der Waals surface area (Å²) < 4.78 is 28.3. The Hall–Kier alpha value is -0.630. The number of rotatable bonds is 1. The van der Waals surface area contributed by atoms with Crippen LogP contribution >= 0.6 is 22.9 Å². The molecule has 1 aliphatic heterocycles. The van der Waals surface area contributed by atoms with Crippen LogP contribution in [0.25, 0.3) is 0 Å². The fraction of sp³-hybridized carbons (Fsp3) is 0.444. The highest BCUT2D eigenvalue weighted by atomic mass is 35.5. The second kappa shape index (κ2) is 3.68. The second-order valence-electron chi connectivity index (χ2n) is 4.15. The monoisotopic (exact) mass is 291 g/mol. The third kappa shape index (κ3) is 1.69. The minimum absolute atomic E-state index is 0.132. The zero-order valence-corrected chi connectivity index (χ0v) is 11.1. The van der Waals surface area contributed by atoms with Gasteiger partial charge in [-0.2, -0.15) is 8.42 Å². The number of thiophene rings is 1. The Kier molecular flexibility index (Phi) is 2.48. The highest BCUT2D eigenvalue weighted by Crippen LogP contribution is 2.42. The van der Waals surface area contributed by atoms with E-state index < -0.39 is 10.0 Å². The van der Waals surface area contributed by atoms with Crippen LogP contribution in [-0.4, -0.2) is 14.3 Å². The van der Waals surface area contributed by atoms with Crippen molar-refractivity contribution < 1.29 is 8.42 Å². The molecule has 3 rings (SSSR count). The summed E-state index contributed by atoms with van der Waals surface area (Å²) >= 11 is 6.83. The Morgan fingerprint density at radius 3 is 2.82 bits per heavy atom. The second-order valence-corrected chi connectivity index (χ2v) is 7.63. The molecule has 8 heteroatoms. The van der Waals surface area contributed by atoms with Crippen LogP contribution in [0.15, 0.2) is 14.7 Å². The first-order valence-electron chi connectivity index (χ1n) is 5.18. The number of fused-ring (bicyclic) bond motifs is 1. The molecule has 0 unspecified atom stereocenters. The lowest BCUT2D eigenvalue weighted by Crippen LogP contribution is -2.46. The van der Waals surface area contributed by atoms with Gasteiger partial charge in [0.25, 0.3) is 10.0 Å². The van der Waals surface area contributed by atoms with E-state index in [0.29, 0.717) is 15.9 Å². The van der Waals surface area contributed by atoms with E-state index >= 15 is 0 Å². The van der Waals surface area contributed by atoms with Gasteiger partial charge >= 0.3 is 0 Å². The highest BCUT2D eigenvalue weighted by molar-refractivity contribution is 7.92. The molecule has 1 aliphatic carbocycles. The number of hydrazine groups is 1. The Balaban J connectivity index is 2.14. The van der Waals surface area contributed by atoms with Crippen molar-refractivity contribution in [2.75, 3.05) is 5.01 Å². The van der Waals surface area contributed by atoms with E-state index in [0.717, 1.165) is 30.6 Å². The van der Waals surface area contributed by atoms with Gasteiger partial charge in [0, 0.05) is 5.92 Å². The number of nitrogens with two attached hydrogens (primary N) is 1. The molecule has 0 saturated heterocycles. The number of halogens is 1. The van der Waals surface area contributed by atoms with Gasteiger partial charge in [0.1, 0.15) is 5.84 Å². The van der Waals surface area contributed by atoms with Crippen molar-refractivity contribution in [2.24, 2.45) is 16.2 Å². The zero-order chi connectivity index (χ0) is 12.2. The third-order valence-electron chi connectivity index (χ3n) is 3.07. The highest BCUT2D eigenvalue weighted by Gasteiger charge is 2.37. The molecule has 0 amide bonds. The summed E-state index contributed by atoms with van der Waals surface area (Å²) in [6.45, 7) is 0. The predicted molar refractivity (Wildman–Crippen MR) is 68.0 cm³/mol. The van der Waals surface area contributed by atoms with Crippen LogP contribution in [0, 0.1) is 5.92 Å². The molecule has 5 nitrogen and oxygen atoms in total. The van der Waals surface area contributed by atoms with Crippen LogP contribution in [0.5, 0.6) is 0 Å². The molecular formula is C9H10ClN3O2S2. The molecule has 0 spiro atoms. The molecule has 2 N–H and O–H groups in total. The Morgan fingerprint density at radius 1 is 1.53 bits per heavy atom. The third-order valence-corrected chi connectivity index (χ3v) is 6.11. The first-order chi connectivity index (χ1) is 7.99. The van der Waals surface area contributed by atoms with E-state index in [9.17, 15) is 8.42 Å². The van der Waals surface area contributed by atoms with Gasteiger partial charge < -0.3 is 0 Å². The van der Waals surface area contributed by atoms with E-state index in [4.69, 9.17) is 17.4 Å². The standard InChI is InChI=1S/C9H10ClN3O2S2/c10-7-4-6-9(16-7)17(14,15)12-8(13(6)11)5-2-1-3-5/h4-5H,1-3,11H2. The summed E-state index contributed by atoms with van der Waals surface area (Å²) in [6.07, 6.45) is 2.97. The summed E-state index contributed by atoms with van der Waals surface area (Å²) in [6, 6.07) is 1.58. The Morgan fingerprint density at radius 2 is 2.24 bits per heavy atom. The van der Waals surface area contributed by atoms with E-state index in [-0.39, 0.29) is 10.1 Å². The molecule has 0 atom stereocenters. The number of sulfonamides is 1. The molecule has 2 heterocycles. The molecule has 1 fully saturated rings. The van der Waals surface area contributed by atoms with Crippen molar-refractivity contribution in [3.63, 3.8) is 0 Å². The molecule has 1 aromatic rings. The summed E-state index contributed by atoms with van der Waals surface area (Å²) in [7, 11) is -3.62. The van der Waals surface area contributed by atoms with E-state index in [1.165, 1.54) is 5.01 Å². The maximum absolute atomic E-state index is 12.0. The molecule has 1 aromatic heterocycles. The van der Waals surface area contributed by atoms with Crippen molar-refractivity contribution in [2.45, 2.75) is 23.5 Å². The summed E-state index contributed by atoms with van der Waals surface area (Å²) in [5.74, 6) is 6.52. The molecule has 1 saturated carbocycles. The van der Waals surface area contributed by atoms with Gasteiger partial charge in [-0.3, -0.25) is 5.01 Å². The van der Waals surface area contributed by atoms with Crippen molar-refractivity contribution >= 4 is 44.5 Å². The number of hydrogen-bond acceptors (Lipinski definition) is 5. The SMILES string of the molecule is NN1C(C2CCC2)=NS(=O)(=O)c2sc(Cl)cc21. The fourth-order valence-corrected chi connectivity index (χ4v) is 4.83. The van der Waals surface area contributed by atoms with Crippen LogP contribution in [-0.2, 0) is 10.0 Å². The van der Waals surface area contributed by atoms with Crippen LogP contribution in [0.4, 0.5) is 5.69 Å². The zero-order valence-electron chi connectivity index (χ0n) is 8.76. The molecule has 0 radical (unpaired) electrons. The lowest BCUT2D eigenvalue weighted by Gasteiger charge is -2.33. The normalized spacial score (nSPS) is 22.9. The van der Waals surface area contributed by atoms with Gasteiger partial charge in [-0.15, -0.1) is 15.7 Å². The van der Waals surface area contributed by atoms with E-state index in [1.807, 2.05) is 0 Å². The van der Waals surface area contributed by atoms with Crippen molar-refractivity contribution in [1.29, 1.82) is 0 Å². The van der Waals surface area contributed by atoms with Gasteiger partial charge in [-0.05, 0) is 18.9 Å². The van der Waals surface area contributed by atoms with Crippen LogP contribution in [0.2, 0.25) is 4.34 Å². The number of amidine groups is 1. The van der Waals surface area contributed by atoms with Crippen LogP contribution < -0.4 is 10.9 Å². The van der Waals surface area contributed by atoms with Gasteiger partial charge in [-0.25, -0.2) is 5.84 Å². The maximum atomic E-state index is 12.0. The van der Waals surface area contributed by atoms with Gasteiger partial charge in [-0.1, -0.05) is 18.0 Å². The van der Waals surface area contributed by atoms with Crippen LogP contribution in [0.1, 0.15) is 19.3 Å². The largest absolute Gasteiger partial charge is 0.295 e. The summed E-state index contributed by atoms with van der Waals surface area (Å²) in [5, 5.41) is 1.36. The maximum Gasteiger partial charge on any atom is 0.295 e. The number of anilines is 1. The van der Waals surface area contributed by atoms with Crippen LogP contribution in [0.3, 0.4) is 0 Å². The average Bonchev–Trinajstić information content (AvgIpc) is 2.54. The molecule has 2 aliphatic rings. The minimum atomic E-state index is -3.62. The van der Waals surface area contributed by atoms with Crippen molar-refractivity contribution in [1.82, 2.24) is 0 Å². The number of nitrogens with zero attached hydrogens (tertiary/aromatic N) is 2. The predicted octanol–water partition coefficient (Wildman–Crippen LogP) is 1.98. The first kappa shape index (κ1) is 11.5. The molecule has 0 aromatic carbocycles. The molecule has 92 valence electrons. The van der Waals surface area contributed by atoms with Gasteiger partial charge in [0.05, 0.1) is 10.0 Å². The molecule has 17 heavy (non-hydrogen) atoms. The summed E-state index contributed by atoms with van der Waals surface area (Å²) in [4.78, 5) is 0. The van der Waals surface area contributed by atoms with Crippen molar-refractivity contribution in [3.8, 4) is 0 Å². The minimum Gasteiger partial charge on any atom is -0.263 e. The molecular weight excluding hydrogens is 282 g/mol. The first-order valence-corrected chi connectivity index (χ1v) is 7.81. The lowest BCUT2D eigenvalue weighted by molar-refractivity contribution is 0.408. The fourth-order valence-electron chi connectivity index (χ4n) is 1.96. The Labute approximate surface area is 108 Å². The topological polar surface area (TPSA) is 75.8 Å². The van der Waals surface area contributed by atoms with Gasteiger partial charge in [0.2, 0.25) is 0 Å².